The van der Waals surface area contributed by atoms with E-state index in [-0.39, 0.29) is 49.9 Å². The van der Waals surface area contributed by atoms with Gasteiger partial charge in [-0.05, 0) is 56.9 Å². The van der Waals surface area contributed by atoms with Gasteiger partial charge in [0.05, 0.1) is 29.0 Å². The van der Waals surface area contributed by atoms with Crippen LogP contribution in [0.5, 0.6) is 0 Å². The Morgan fingerprint density at radius 2 is 1.48 bits per heavy atom. The highest BCUT2D eigenvalue weighted by atomic mass is 16.6. The number of benzene rings is 1. The maximum Gasteiger partial charge on any atom is 0.299 e. The zero-order valence-corrected chi connectivity index (χ0v) is 34.4. The van der Waals surface area contributed by atoms with Crippen LogP contribution in [-0.2, 0) is 33.6 Å². The third-order valence-electron chi connectivity index (χ3n) is 9.61. The van der Waals surface area contributed by atoms with Crippen molar-refractivity contribution in [2.75, 3.05) is 31.1 Å². The Hall–Kier alpha value is -6.62. The predicted molar refractivity (Wildman–Crippen MR) is 218 cm³/mol. The number of rotatable bonds is 24. The third-order valence-corrected chi connectivity index (χ3v) is 9.61. The smallest absolute Gasteiger partial charge is 0.299 e. The van der Waals surface area contributed by atoms with Crippen molar-refractivity contribution in [1.82, 2.24) is 31.9 Å². The van der Waals surface area contributed by atoms with Crippen molar-refractivity contribution in [1.29, 1.82) is 0 Å². The van der Waals surface area contributed by atoms with Gasteiger partial charge < -0.3 is 54.0 Å². The van der Waals surface area contributed by atoms with E-state index in [1.165, 1.54) is 17.9 Å². The van der Waals surface area contributed by atoms with Crippen LogP contribution >= 0.6 is 0 Å². The first-order valence-electron chi connectivity index (χ1n) is 19.5. The van der Waals surface area contributed by atoms with Gasteiger partial charge in [0, 0.05) is 19.2 Å². The van der Waals surface area contributed by atoms with E-state index >= 15 is 0 Å². The molecule has 1 aliphatic heterocycles. The number of anilines is 1. The standard InChI is InChI=1S/C36H57N13O11/c1-6-20(4)30(35(56)43-21(5)32(53)41-17-28(50)44-23(31(37)52)9-7-13-40-36(38)39)46-29(51)18-42-33(54)24(15-19(2)3)45-34(55)26-10-8-14-47(26)25-12-11-22(48(57)58)16-27(25)49(59)60/h11-12,16,19-21,23-24,26,30H,6-10,13-15,17-18H2,1-5H3,(H2,37,52)(H,41,53)(H,42,54)(H,43,56)(H,44,50)(H,45,55)(H,46,51)(H4,38,39,40)/t20-,21-,23-,24-,26-,30-/m0/s1. The molecule has 24 nitrogen and oxygen atoms in total. The van der Waals surface area contributed by atoms with Gasteiger partial charge in [0.15, 0.2) is 5.96 Å². The van der Waals surface area contributed by atoms with Crippen LogP contribution in [0.25, 0.3) is 0 Å². The number of carbonyl (C=O) groups excluding carboxylic acids is 7. The van der Waals surface area contributed by atoms with Crippen LogP contribution in [0.1, 0.15) is 73.1 Å². The van der Waals surface area contributed by atoms with Crippen molar-refractivity contribution in [3.63, 3.8) is 0 Å². The van der Waals surface area contributed by atoms with E-state index in [0.717, 1.165) is 12.1 Å². The van der Waals surface area contributed by atoms with E-state index in [4.69, 9.17) is 17.2 Å². The number of amides is 7. The molecule has 0 aromatic heterocycles. The van der Waals surface area contributed by atoms with Gasteiger partial charge in [0.2, 0.25) is 41.4 Å². The number of hydrogen-bond donors (Lipinski definition) is 9. The van der Waals surface area contributed by atoms with Gasteiger partial charge in [0.25, 0.3) is 11.4 Å². The Morgan fingerprint density at radius 3 is 2.05 bits per heavy atom. The van der Waals surface area contributed by atoms with E-state index in [1.54, 1.807) is 13.8 Å². The lowest BCUT2D eigenvalue weighted by Crippen LogP contribution is -2.57. The zero-order chi connectivity index (χ0) is 45.3. The largest absolute Gasteiger partial charge is 0.370 e. The summed E-state index contributed by atoms with van der Waals surface area (Å²) in [5.74, 6) is -5.70. The van der Waals surface area contributed by atoms with Crippen LogP contribution < -0.4 is 54.0 Å². The number of aliphatic imine (C=N–C) groups is 1. The van der Waals surface area contributed by atoms with Crippen LogP contribution in [-0.4, -0.2) is 114 Å². The quantitative estimate of drug-likeness (QED) is 0.0184. The van der Waals surface area contributed by atoms with E-state index in [2.05, 4.69) is 36.9 Å². The maximum atomic E-state index is 13.6. The molecule has 0 bridgehead atoms. The number of hydrogen-bond acceptors (Lipinski definition) is 13. The zero-order valence-electron chi connectivity index (χ0n) is 34.4. The van der Waals surface area contributed by atoms with Crippen molar-refractivity contribution in [2.45, 2.75) is 103 Å². The molecule has 12 N–H and O–H groups in total. The van der Waals surface area contributed by atoms with Crippen LogP contribution in [0.4, 0.5) is 17.1 Å². The number of nitrogens with two attached hydrogens (primary N) is 3. The van der Waals surface area contributed by atoms with Gasteiger partial charge in [-0.25, -0.2) is 0 Å². The number of nitrogens with one attached hydrogen (secondary N) is 6. The topological polar surface area (TPSA) is 372 Å². The summed E-state index contributed by atoms with van der Waals surface area (Å²) in [6.45, 7) is 7.77. The maximum absolute atomic E-state index is 13.6. The first-order valence-corrected chi connectivity index (χ1v) is 19.5. The number of guanidine groups is 1. The van der Waals surface area contributed by atoms with Crippen molar-refractivity contribution < 1.29 is 43.4 Å². The molecule has 0 radical (unpaired) electrons. The van der Waals surface area contributed by atoms with Crippen molar-refractivity contribution in [2.24, 2.45) is 34.0 Å². The van der Waals surface area contributed by atoms with Crippen LogP contribution in [0.2, 0.25) is 0 Å². The lowest BCUT2D eigenvalue weighted by Gasteiger charge is -2.28. The van der Waals surface area contributed by atoms with Gasteiger partial charge in [-0.15, -0.1) is 0 Å². The van der Waals surface area contributed by atoms with Gasteiger partial charge in [-0.1, -0.05) is 34.1 Å². The summed E-state index contributed by atoms with van der Waals surface area (Å²) in [6, 6.07) is -2.25. The molecule has 0 saturated carbocycles. The van der Waals surface area contributed by atoms with E-state index in [9.17, 15) is 53.8 Å². The first kappa shape index (κ1) is 49.5. The first-order chi connectivity index (χ1) is 28.2. The number of nitro benzene ring substituents is 2. The lowest BCUT2D eigenvalue weighted by atomic mass is 9.98. The van der Waals surface area contributed by atoms with Crippen LogP contribution in [0.15, 0.2) is 23.2 Å². The lowest BCUT2D eigenvalue weighted by molar-refractivity contribution is -0.393. The minimum atomic E-state index is -1.16. The second-order valence-corrected chi connectivity index (χ2v) is 14.8. The van der Waals surface area contributed by atoms with Crippen molar-refractivity contribution >= 4 is 64.4 Å². The van der Waals surface area contributed by atoms with Crippen LogP contribution in [0.3, 0.4) is 0 Å². The highest BCUT2D eigenvalue weighted by Crippen LogP contribution is 2.36. The molecule has 0 unspecified atom stereocenters. The number of non-ortho nitro benzene ring substituents is 1. The SMILES string of the molecule is CC[C@H](C)[C@H](NC(=O)CNC(=O)[C@H](CC(C)C)NC(=O)[C@@H]1CCCN1c1ccc([N+](=O)[O-])cc1[N+](=O)[O-])C(=O)N[C@@H](C)C(=O)NCC(=O)N[C@@H](CCCN=C(N)N)C(N)=O. The average Bonchev–Trinajstić information content (AvgIpc) is 3.68. The predicted octanol–water partition coefficient (Wildman–Crippen LogP) is -1.71. The van der Waals surface area contributed by atoms with E-state index < -0.39 is 112 Å². The fraction of sp³-hybridized carbons (Fsp3) is 0.611. The molecule has 1 aromatic rings. The Kier molecular flexibility index (Phi) is 19.6. The molecule has 1 saturated heterocycles. The van der Waals surface area contributed by atoms with Crippen LogP contribution in [0, 0.1) is 32.1 Å². The molecule has 1 heterocycles. The monoisotopic (exact) mass is 847 g/mol. The Labute approximate surface area is 346 Å². The molecule has 0 aliphatic carbocycles. The highest BCUT2D eigenvalue weighted by molar-refractivity contribution is 5.96. The Balaban J connectivity index is 2.01. The summed E-state index contributed by atoms with van der Waals surface area (Å²) < 4.78 is 0. The summed E-state index contributed by atoms with van der Waals surface area (Å²) in [7, 11) is 0. The molecular formula is C36H57N13O11. The minimum Gasteiger partial charge on any atom is -0.370 e. The fourth-order valence-corrected chi connectivity index (χ4v) is 6.25. The molecule has 1 fully saturated rings. The summed E-state index contributed by atoms with van der Waals surface area (Å²) >= 11 is 0. The molecule has 6 atom stereocenters. The Morgan fingerprint density at radius 1 is 0.850 bits per heavy atom. The molecule has 1 aromatic carbocycles. The highest BCUT2D eigenvalue weighted by Gasteiger charge is 2.37. The number of primary amides is 1. The number of nitro groups is 2. The second kappa shape index (κ2) is 23.7. The van der Waals surface area contributed by atoms with E-state index in [1.807, 2.05) is 13.8 Å². The van der Waals surface area contributed by atoms with Gasteiger partial charge in [0.1, 0.15) is 35.9 Å². The van der Waals surface area contributed by atoms with E-state index in [0.29, 0.717) is 19.3 Å². The molecule has 24 heteroatoms. The summed E-state index contributed by atoms with van der Waals surface area (Å²) in [5.41, 5.74) is 14.9. The molecule has 2 rings (SSSR count). The second-order valence-electron chi connectivity index (χ2n) is 14.8. The molecule has 7 amide bonds. The summed E-state index contributed by atoms with van der Waals surface area (Å²) in [4.78, 5) is 117. The fourth-order valence-electron chi connectivity index (χ4n) is 6.25. The average molecular weight is 848 g/mol. The van der Waals surface area contributed by atoms with Crippen molar-refractivity contribution in [3.05, 3.63) is 38.4 Å². The number of nitrogens with zero attached hydrogens (tertiary/aromatic N) is 4. The van der Waals surface area contributed by atoms with Crippen molar-refractivity contribution in [3.8, 4) is 0 Å². The molecule has 332 valence electrons. The molecule has 60 heavy (non-hydrogen) atoms. The van der Waals surface area contributed by atoms with Gasteiger partial charge in [-0.3, -0.25) is 58.8 Å². The van der Waals surface area contributed by atoms with Gasteiger partial charge in [-0.2, -0.15) is 0 Å². The normalized spacial score (nSPS) is 15.9. The minimum absolute atomic E-state index is 0.0198. The third kappa shape index (κ3) is 15.6. The number of carbonyl (C=O) groups is 7. The van der Waals surface area contributed by atoms with Gasteiger partial charge >= 0.3 is 0 Å². The Bertz CT molecular complexity index is 1790. The summed E-state index contributed by atoms with van der Waals surface area (Å²) in [5, 5.41) is 38.1. The molecular weight excluding hydrogens is 790 g/mol. The molecule has 0 spiro atoms. The summed E-state index contributed by atoms with van der Waals surface area (Å²) in [6.07, 6.45) is 1.83. The molecule has 1 aliphatic rings.